The number of allylic oxidation sites excluding steroid dienone is 1. The third-order valence-electron chi connectivity index (χ3n) is 2.72. The molecule has 0 bridgehead atoms. The van der Waals surface area contributed by atoms with Gasteiger partial charge in [-0.15, -0.1) is 0 Å². The normalized spacial score (nSPS) is 15.0. The predicted octanol–water partition coefficient (Wildman–Crippen LogP) is 4.07. The molecule has 0 heterocycles. The molecule has 2 aromatic rings. The van der Waals surface area contributed by atoms with Crippen molar-refractivity contribution in [3.8, 4) is 0 Å². The van der Waals surface area contributed by atoms with E-state index in [4.69, 9.17) is 1.37 Å². The van der Waals surface area contributed by atoms with Crippen LogP contribution < -0.4 is 0 Å². The van der Waals surface area contributed by atoms with Crippen LogP contribution in [0.4, 0.5) is 0 Å². The molecule has 2 aromatic carbocycles. The zero-order chi connectivity index (χ0) is 13.6. The summed E-state index contributed by atoms with van der Waals surface area (Å²) in [6.07, 6.45) is 4.63. The van der Waals surface area contributed by atoms with Gasteiger partial charge in [0, 0.05) is 13.7 Å². The molecule has 0 spiro atoms. The Bertz CT molecular complexity index is 548. The quantitative estimate of drug-likeness (QED) is 0.716. The molecule has 0 aromatic heterocycles. The lowest BCUT2D eigenvalue weighted by atomic mass is 9.95. The molecule has 1 heteroatoms. The highest BCUT2D eigenvalue weighted by atomic mass is 16.1. The Hall–Kier alpha value is -2.15. The number of hydrogen-bond donors (Lipinski definition) is 0. The van der Waals surface area contributed by atoms with Gasteiger partial charge in [-0.2, -0.15) is 0 Å². The van der Waals surface area contributed by atoms with Gasteiger partial charge in [-0.1, -0.05) is 72.8 Å². The van der Waals surface area contributed by atoms with E-state index < -0.39 is 5.89 Å². The van der Waals surface area contributed by atoms with Gasteiger partial charge in [0.1, 0.15) is 6.29 Å². The molecule has 18 heavy (non-hydrogen) atoms. The summed E-state index contributed by atoms with van der Waals surface area (Å²) in [6, 6.07) is 19.3. The average molecular weight is 237 g/mol. The summed E-state index contributed by atoms with van der Waals surface area (Å²) in [5, 5.41) is 0. The maximum Gasteiger partial charge on any atom is 0.120 e. The Morgan fingerprint density at radius 2 is 1.61 bits per heavy atom. The highest BCUT2D eigenvalue weighted by molar-refractivity contribution is 5.56. The van der Waals surface area contributed by atoms with Gasteiger partial charge in [-0.25, -0.2) is 0 Å². The molecule has 0 amide bonds. The van der Waals surface area contributed by atoms with Gasteiger partial charge in [0.2, 0.25) is 0 Å². The monoisotopic (exact) mass is 237 g/mol. The maximum absolute atomic E-state index is 10.9. The fourth-order valence-corrected chi connectivity index (χ4v) is 1.79. The van der Waals surface area contributed by atoms with Crippen molar-refractivity contribution in [2.45, 2.75) is 12.3 Å². The number of aldehydes is 1. The first-order valence-electron chi connectivity index (χ1n) is 6.48. The molecule has 1 nitrogen and oxygen atoms in total. The van der Waals surface area contributed by atoms with Crippen molar-refractivity contribution in [2.75, 3.05) is 0 Å². The minimum Gasteiger partial charge on any atom is -0.303 e. The van der Waals surface area contributed by atoms with Gasteiger partial charge < -0.3 is 4.79 Å². The second-order valence-electron chi connectivity index (χ2n) is 4.01. The van der Waals surface area contributed by atoms with Crippen molar-refractivity contribution >= 4 is 12.4 Å². The zero-order valence-corrected chi connectivity index (χ0v) is 10.1. The SMILES string of the molecule is [2H]C(/C=C/c1ccccc1)(CC=O)c1ccccc1. The van der Waals surface area contributed by atoms with Gasteiger partial charge in [0.05, 0.1) is 0 Å². The van der Waals surface area contributed by atoms with Crippen LogP contribution in [0.3, 0.4) is 0 Å². The minimum atomic E-state index is -1.00. The Labute approximate surface area is 109 Å². The van der Waals surface area contributed by atoms with Crippen molar-refractivity contribution < 1.29 is 6.17 Å². The van der Waals surface area contributed by atoms with E-state index in [1.807, 2.05) is 66.7 Å². The lowest BCUT2D eigenvalue weighted by Gasteiger charge is -2.09. The van der Waals surface area contributed by atoms with E-state index in [0.29, 0.717) is 0 Å². The van der Waals surface area contributed by atoms with Crippen LogP contribution in [-0.4, -0.2) is 6.29 Å². The van der Waals surface area contributed by atoms with Crippen molar-refractivity contribution in [1.82, 2.24) is 0 Å². The van der Waals surface area contributed by atoms with Crippen molar-refractivity contribution in [2.24, 2.45) is 0 Å². The molecule has 0 radical (unpaired) electrons. The van der Waals surface area contributed by atoms with Gasteiger partial charge in [-0.05, 0) is 11.1 Å². The minimum absolute atomic E-state index is 0.153. The van der Waals surface area contributed by atoms with Crippen LogP contribution in [0, 0.1) is 0 Å². The van der Waals surface area contributed by atoms with Crippen LogP contribution in [0.5, 0.6) is 0 Å². The fourth-order valence-electron chi connectivity index (χ4n) is 1.79. The molecule has 1 atom stereocenters. The Kier molecular flexibility index (Phi) is 3.99. The van der Waals surface area contributed by atoms with Crippen molar-refractivity contribution in [3.63, 3.8) is 0 Å². The number of hydrogen-bond acceptors (Lipinski definition) is 1. The van der Waals surface area contributed by atoms with E-state index in [1.54, 1.807) is 6.08 Å². The summed E-state index contributed by atoms with van der Waals surface area (Å²) in [7, 11) is 0. The van der Waals surface area contributed by atoms with E-state index in [-0.39, 0.29) is 6.42 Å². The standard InChI is InChI=1S/C17H16O/c18-14-13-17(16-9-5-2-6-10-16)12-11-15-7-3-1-4-8-15/h1-12,14,17H,13H2/b12-11+/i17D. The second-order valence-corrected chi connectivity index (χ2v) is 4.01. The lowest BCUT2D eigenvalue weighted by Crippen LogP contribution is -1.95. The summed E-state index contributed by atoms with van der Waals surface area (Å²) in [5.74, 6) is -1.00. The third-order valence-corrected chi connectivity index (χ3v) is 2.72. The summed E-state index contributed by atoms with van der Waals surface area (Å²) in [4.78, 5) is 10.9. The van der Waals surface area contributed by atoms with Gasteiger partial charge in [0.25, 0.3) is 0 Å². The summed E-state index contributed by atoms with van der Waals surface area (Å²) in [6.45, 7) is 0. The van der Waals surface area contributed by atoms with E-state index in [2.05, 4.69) is 0 Å². The van der Waals surface area contributed by atoms with Crippen LogP contribution >= 0.6 is 0 Å². The van der Waals surface area contributed by atoms with Crippen LogP contribution in [0.2, 0.25) is 0 Å². The number of carbonyl (C=O) groups is 1. The second kappa shape index (κ2) is 6.55. The van der Waals surface area contributed by atoms with Crippen LogP contribution in [0.15, 0.2) is 66.7 Å². The van der Waals surface area contributed by atoms with Crippen molar-refractivity contribution in [1.29, 1.82) is 0 Å². The smallest absolute Gasteiger partial charge is 0.120 e. The molecule has 0 saturated carbocycles. The Morgan fingerprint density at radius 3 is 2.22 bits per heavy atom. The largest absolute Gasteiger partial charge is 0.303 e. The highest BCUT2D eigenvalue weighted by Crippen LogP contribution is 2.21. The van der Waals surface area contributed by atoms with Gasteiger partial charge in [0.15, 0.2) is 0 Å². The Balaban J connectivity index is 2.30. The number of carbonyl (C=O) groups excluding carboxylic acids is 1. The summed E-state index contributed by atoms with van der Waals surface area (Å²) in [5.41, 5.74) is 1.86. The van der Waals surface area contributed by atoms with Gasteiger partial charge >= 0.3 is 0 Å². The summed E-state index contributed by atoms with van der Waals surface area (Å²) >= 11 is 0. The number of benzene rings is 2. The van der Waals surface area contributed by atoms with Crippen LogP contribution in [0.25, 0.3) is 6.08 Å². The molecule has 0 aliphatic heterocycles. The van der Waals surface area contributed by atoms with E-state index in [0.717, 1.165) is 17.4 Å². The first kappa shape index (κ1) is 11.0. The zero-order valence-electron chi connectivity index (χ0n) is 11.1. The molecule has 90 valence electrons. The molecular formula is C17H16O. The first-order chi connectivity index (χ1) is 9.24. The molecule has 0 fully saturated rings. The third kappa shape index (κ3) is 3.42. The highest BCUT2D eigenvalue weighted by Gasteiger charge is 2.06. The van der Waals surface area contributed by atoms with E-state index in [9.17, 15) is 4.79 Å². The van der Waals surface area contributed by atoms with Crippen molar-refractivity contribution in [3.05, 3.63) is 77.9 Å². The molecule has 0 saturated heterocycles. The maximum atomic E-state index is 10.9. The molecule has 2 rings (SSSR count). The predicted molar refractivity (Wildman–Crippen MR) is 75.3 cm³/mol. The number of rotatable bonds is 5. The van der Waals surface area contributed by atoms with E-state index in [1.165, 1.54) is 0 Å². The first-order valence-corrected chi connectivity index (χ1v) is 5.98. The fraction of sp³-hybridized carbons (Fsp3) is 0.118. The molecule has 0 aliphatic rings. The van der Waals surface area contributed by atoms with E-state index >= 15 is 0 Å². The average Bonchev–Trinajstić information content (AvgIpc) is 2.48. The Morgan fingerprint density at radius 1 is 1.00 bits per heavy atom. The molecule has 0 aliphatic carbocycles. The topological polar surface area (TPSA) is 17.1 Å². The molecular weight excluding hydrogens is 220 g/mol. The summed E-state index contributed by atoms with van der Waals surface area (Å²) < 4.78 is 8.49. The lowest BCUT2D eigenvalue weighted by molar-refractivity contribution is -0.108. The van der Waals surface area contributed by atoms with Gasteiger partial charge in [-0.3, -0.25) is 0 Å². The van der Waals surface area contributed by atoms with Crippen LogP contribution in [0.1, 0.15) is 24.8 Å². The van der Waals surface area contributed by atoms with Crippen LogP contribution in [-0.2, 0) is 4.79 Å². The molecule has 0 N–H and O–H groups in total. The molecule has 1 unspecified atom stereocenters.